The minimum Gasteiger partial charge on any atom is -0.493 e. The Morgan fingerprint density at radius 3 is 2.43 bits per heavy atom. The highest BCUT2D eigenvalue weighted by atomic mass is 32.1. The molecule has 14 heavy (non-hydrogen) atoms. The number of aromatic hydroxyl groups is 1. The molecule has 2 aromatic rings. The molecular weight excluding hydrogens is 200 g/mol. The third-order valence-corrected chi connectivity index (χ3v) is 2.72. The van der Waals surface area contributed by atoms with Crippen LogP contribution < -0.4 is 10.6 Å². The minimum atomic E-state index is -0.269. The Kier molecular flexibility index (Phi) is 2.01. The maximum atomic E-state index is 10.9. The Balaban J connectivity index is 2.54. The number of benzene rings is 1. The highest BCUT2D eigenvalue weighted by molar-refractivity contribution is 7.13. The standard InChI is InChI=1S/C9H8N2O2S/c10-6-3-1-5(2-4-6)7-8(12)11-9(13)14-7/h1-4,12H,10H2,(H,11,13). The van der Waals surface area contributed by atoms with Crippen LogP contribution in [-0.2, 0) is 0 Å². The summed E-state index contributed by atoms with van der Waals surface area (Å²) in [5.74, 6) is -0.0928. The van der Waals surface area contributed by atoms with Gasteiger partial charge in [0.2, 0.25) is 5.88 Å². The van der Waals surface area contributed by atoms with Crippen LogP contribution in [0.3, 0.4) is 0 Å². The van der Waals surface area contributed by atoms with Gasteiger partial charge in [-0.3, -0.25) is 9.78 Å². The summed E-state index contributed by atoms with van der Waals surface area (Å²) in [7, 11) is 0. The number of thiazole rings is 1. The summed E-state index contributed by atoms with van der Waals surface area (Å²) < 4.78 is 0. The van der Waals surface area contributed by atoms with Crippen molar-refractivity contribution in [3.05, 3.63) is 33.9 Å². The summed E-state index contributed by atoms with van der Waals surface area (Å²) in [6, 6.07) is 6.96. The van der Waals surface area contributed by atoms with Crippen LogP contribution in [0.25, 0.3) is 10.4 Å². The zero-order valence-electron chi connectivity index (χ0n) is 7.15. The quantitative estimate of drug-likeness (QED) is 0.619. The Labute approximate surface area is 83.6 Å². The Morgan fingerprint density at radius 1 is 1.29 bits per heavy atom. The largest absolute Gasteiger partial charge is 0.493 e. The second kappa shape index (κ2) is 3.19. The second-order valence-corrected chi connectivity index (χ2v) is 3.80. The van der Waals surface area contributed by atoms with Crippen LogP contribution in [0.2, 0.25) is 0 Å². The van der Waals surface area contributed by atoms with Crippen molar-refractivity contribution in [1.29, 1.82) is 0 Å². The van der Waals surface area contributed by atoms with Crippen LogP contribution in [0.1, 0.15) is 0 Å². The molecule has 1 aromatic carbocycles. The van der Waals surface area contributed by atoms with E-state index in [1.54, 1.807) is 24.3 Å². The van der Waals surface area contributed by atoms with E-state index in [0.29, 0.717) is 10.6 Å². The van der Waals surface area contributed by atoms with E-state index in [0.717, 1.165) is 16.9 Å². The molecule has 0 atom stereocenters. The third kappa shape index (κ3) is 1.49. The van der Waals surface area contributed by atoms with Crippen molar-refractivity contribution in [2.75, 3.05) is 5.73 Å². The van der Waals surface area contributed by atoms with Crippen LogP contribution in [0, 0.1) is 0 Å². The lowest BCUT2D eigenvalue weighted by atomic mass is 10.2. The van der Waals surface area contributed by atoms with Crippen LogP contribution in [0.15, 0.2) is 29.1 Å². The van der Waals surface area contributed by atoms with Gasteiger partial charge in [0.15, 0.2) is 0 Å². The molecule has 0 bridgehead atoms. The first-order chi connectivity index (χ1) is 6.66. The molecule has 2 rings (SSSR count). The number of H-pyrrole nitrogens is 1. The predicted molar refractivity (Wildman–Crippen MR) is 56.5 cm³/mol. The Morgan fingerprint density at radius 2 is 1.93 bits per heavy atom. The molecule has 5 heteroatoms. The van der Waals surface area contributed by atoms with Gasteiger partial charge in [0.05, 0.1) is 4.88 Å². The predicted octanol–water partition coefficient (Wildman–Crippen LogP) is 1.39. The van der Waals surface area contributed by atoms with Crippen LogP contribution in [0.4, 0.5) is 5.69 Å². The van der Waals surface area contributed by atoms with Crippen molar-refractivity contribution in [2.24, 2.45) is 0 Å². The first kappa shape index (κ1) is 8.83. The van der Waals surface area contributed by atoms with Crippen molar-refractivity contribution in [3.63, 3.8) is 0 Å². The third-order valence-electron chi connectivity index (χ3n) is 1.80. The van der Waals surface area contributed by atoms with Gasteiger partial charge in [-0.2, -0.15) is 0 Å². The van der Waals surface area contributed by atoms with E-state index in [1.807, 2.05) is 0 Å². The van der Waals surface area contributed by atoms with E-state index < -0.39 is 0 Å². The smallest absolute Gasteiger partial charge is 0.307 e. The molecule has 0 saturated heterocycles. The van der Waals surface area contributed by atoms with Crippen molar-refractivity contribution < 1.29 is 5.11 Å². The summed E-state index contributed by atoms with van der Waals surface area (Å²) >= 11 is 0.971. The molecule has 0 saturated carbocycles. The highest BCUT2D eigenvalue weighted by Gasteiger charge is 2.08. The maximum absolute atomic E-state index is 10.9. The topological polar surface area (TPSA) is 79.1 Å². The fraction of sp³-hybridized carbons (Fsp3) is 0. The molecule has 1 aromatic heterocycles. The van der Waals surface area contributed by atoms with E-state index in [-0.39, 0.29) is 10.8 Å². The maximum Gasteiger partial charge on any atom is 0.307 e. The summed E-state index contributed by atoms with van der Waals surface area (Å²) in [6.45, 7) is 0. The number of aromatic amines is 1. The average Bonchev–Trinajstić information content (AvgIpc) is 2.47. The van der Waals surface area contributed by atoms with Gasteiger partial charge in [-0.05, 0) is 17.7 Å². The van der Waals surface area contributed by atoms with Crippen molar-refractivity contribution in [2.45, 2.75) is 0 Å². The number of nitrogens with two attached hydrogens (primary N) is 1. The molecule has 0 fully saturated rings. The van der Waals surface area contributed by atoms with Crippen LogP contribution in [0.5, 0.6) is 5.88 Å². The number of hydrogen-bond donors (Lipinski definition) is 3. The molecule has 0 aliphatic heterocycles. The zero-order chi connectivity index (χ0) is 10.1. The molecule has 0 radical (unpaired) electrons. The first-order valence-corrected chi connectivity index (χ1v) is 4.76. The van der Waals surface area contributed by atoms with E-state index >= 15 is 0 Å². The second-order valence-electron chi connectivity index (χ2n) is 2.81. The lowest BCUT2D eigenvalue weighted by molar-refractivity contribution is 0.458. The average molecular weight is 208 g/mol. The van der Waals surface area contributed by atoms with Crippen molar-refractivity contribution in [3.8, 4) is 16.3 Å². The van der Waals surface area contributed by atoms with Gasteiger partial charge in [0.1, 0.15) is 0 Å². The van der Waals surface area contributed by atoms with Gasteiger partial charge >= 0.3 is 4.87 Å². The van der Waals surface area contributed by atoms with Gasteiger partial charge in [0, 0.05) is 5.69 Å². The van der Waals surface area contributed by atoms with E-state index in [9.17, 15) is 9.90 Å². The number of rotatable bonds is 1. The van der Waals surface area contributed by atoms with Crippen LogP contribution in [-0.4, -0.2) is 10.1 Å². The number of nitrogen functional groups attached to an aromatic ring is 1. The molecule has 0 spiro atoms. The van der Waals surface area contributed by atoms with Gasteiger partial charge in [-0.1, -0.05) is 23.5 Å². The normalized spacial score (nSPS) is 10.3. The van der Waals surface area contributed by atoms with Gasteiger partial charge in [0.25, 0.3) is 0 Å². The molecular formula is C9H8N2O2S. The lowest BCUT2D eigenvalue weighted by Gasteiger charge is -1.97. The molecule has 1 heterocycles. The SMILES string of the molecule is Nc1ccc(-c2sc(=O)[nH]c2O)cc1. The number of nitrogens with one attached hydrogen (secondary N) is 1. The molecule has 0 aliphatic rings. The van der Waals surface area contributed by atoms with Crippen LogP contribution >= 0.6 is 11.3 Å². The van der Waals surface area contributed by atoms with Gasteiger partial charge < -0.3 is 10.8 Å². The molecule has 0 unspecified atom stereocenters. The monoisotopic (exact) mass is 208 g/mol. The first-order valence-electron chi connectivity index (χ1n) is 3.95. The number of aromatic nitrogens is 1. The fourth-order valence-corrected chi connectivity index (χ4v) is 1.88. The van der Waals surface area contributed by atoms with E-state index in [1.165, 1.54) is 0 Å². The van der Waals surface area contributed by atoms with E-state index in [2.05, 4.69) is 4.98 Å². The van der Waals surface area contributed by atoms with Crippen molar-refractivity contribution in [1.82, 2.24) is 4.98 Å². The summed E-state index contributed by atoms with van der Waals surface area (Å²) in [5, 5.41) is 9.38. The molecule has 0 aliphatic carbocycles. The van der Waals surface area contributed by atoms with Gasteiger partial charge in [-0.25, -0.2) is 0 Å². The fourth-order valence-electron chi connectivity index (χ4n) is 1.15. The minimum absolute atomic E-state index is 0.0928. The molecule has 4 N–H and O–H groups in total. The number of anilines is 1. The summed E-state index contributed by atoms with van der Waals surface area (Å²) in [4.78, 5) is 13.5. The Bertz CT molecular complexity index is 498. The molecule has 72 valence electrons. The zero-order valence-corrected chi connectivity index (χ0v) is 7.97. The lowest BCUT2D eigenvalue weighted by Crippen LogP contribution is -1.89. The molecule has 4 nitrogen and oxygen atoms in total. The van der Waals surface area contributed by atoms with Crippen molar-refractivity contribution >= 4 is 17.0 Å². The highest BCUT2D eigenvalue weighted by Crippen LogP contribution is 2.29. The number of hydrogen-bond acceptors (Lipinski definition) is 4. The Hall–Kier alpha value is -1.75. The van der Waals surface area contributed by atoms with Gasteiger partial charge in [-0.15, -0.1) is 0 Å². The molecule has 0 amide bonds. The van der Waals surface area contributed by atoms with E-state index in [4.69, 9.17) is 5.73 Å². The summed E-state index contributed by atoms with van der Waals surface area (Å²) in [6.07, 6.45) is 0. The summed E-state index contributed by atoms with van der Waals surface area (Å²) in [5.41, 5.74) is 6.95.